The molecule has 0 saturated heterocycles. The Morgan fingerprint density at radius 2 is 2.33 bits per heavy atom. The van der Waals surface area contributed by atoms with E-state index in [-0.39, 0.29) is 18.2 Å². The van der Waals surface area contributed by atoms with Gasteiger partial charge in [-0.05, 0) is 15.9 Å². The summed E-state index contributed by atoms with van der Waals surface area (Å²) in [6, 6.07) is 1.67. The summed E-state index contributed by atoms with van der Waals surface area (Å²) in [5.74, 6) is 0.523. The first-order chi connectivity index (χ1) is 7.08. The van der Waals surface area contributed by atoms with Gasteiger partial charge in [-0.15, -0.1) is 0 Å². The molecule has 80 valence electrons. The van der Waals surface area contributed by atoms with Gasteiger partial charge in [0.1, 0.15) is 5.76 Å². The topological polar surface area (TPSA) is 50.5 Å². The molecule has 2 heterocycles. The van der Waals surface area contributed by atoms with E-state index in [1.165, 1.54) is 11.8 Å². The third kappa shape index (κ3) is 1.97. The van der Waals surface area contributed by atoms with Crippen LogP contribution in [0, 0.1) is 0 Å². The number of furan rings is 1. The molecule has 0 bridgehead atoms. The Labute approximate surface area is 95.4 Å². The van der Waals surface area contributed by atoms with Crippen LogP contribution in [0.1, 0.15) is 23.0 Å². The molecule has 0 aliphatic carbocycles. The maximum Gasteiger partial charge on any atom is 0.219 e. The lowest BCUT2D eigenvalue weighted by molar-refractivity contribution is -0.128. The van der Waals surface area contributed by atoms with E-state index in [9.17, 15) is 9.59 Å². The van der Waals surface area contributed by atoms with Gasteiger partial charge in [-0.3, -0.25) is 9.59 Å². The minimum absolute atomic E-state index is 0.0628. The molecule has 1 aromatic heterocycles. The van der Waals surface area contributed by atoms with Gasteiger partial charge in [0.05, 0.1) is 12.1 Å². The molecule has 2 rings (SSSR count). The number of fused-ring (bicyclic) bond motifs is 1. The van der Waals surface area contributed by atoms with Crippen LogP contribution in [-0.2, 0) is 11.2 Å². The molecule has 15 heavy (non-hydrogen) atoms. The van der Waals surface area contributed by atoms with E-state index < -0.39 is 0 Å². The smallest absolute Gasteiger partial charge is 0.219 e. The van der Waals surface area contributed by atoms with Gasteiger partial charge < -0.3 is 9.32 Å². The Kier molecular flexibility index (Phi) is 2.65. The average Bonchev–Trinajstić information content (AvgIpc) is 2.46. The van der Waals surface area contributed by atoms with Crippen LogP contribution in [0.4, 0.5) is 0 Å². The van der Waals surface area contributed by atoms with E-state index >= 15 is 0 Å². The Balaban J connectivity index is 2.30. The Hall–Kier alpha value is -1.10. The highest BCUT2D eigenvalue weighted by Gasteiger charge is 2.25. The second kappa shape index (κ2) is 3.81. The zero-order chi connectivity index (χ0) is 11.0. The summed E-state index contributed by atoms with van der Waals surface area (Å²) in [6.45, 7) is 2.15. The molecule has 5 heteroatoms. The highest BCUT2D eigenvalue weighted by atomic mass is 79.9. The number of carbonyl (C=O) groups excluding carboxylic acids is 2. The monoisotopic (exact) mass is 271 g/mol. The first-order valence-electron chi connectivity index (χ1n) is 4.65. The molecule has 0 atom stereocenters. The number of nitrogens with zero attached hydrogens (tertiary/aromatic N) is 1. The summed E-state index contributed by atoms with van der Waals surface area (Å²) in [4.78, 5) is 24.5. The molecule has 0 N–H and O–H groups in total. The first-order valence-corrected chi connectivity index (χ1v) is 5.44. The zero-order valence-corrected chi connectivity index (χ0v) is 9.83. The number of Topliss-reactive ketones (excluding diaryl/α,β-unsaturated/α-hetero) is 1. The Bertz CT molecular complexity index is 424. The standard InChI is InChI=1S/C10H10BrNO3/c1-6(13)12-3-2-9-7(8(14)5-12)4-10(11)15-9/h4H,2-3,5H2,1H3. The maximum absolute atomic E-state index is 11.8. The van der Waals surface area contributed by atoms with Crippen LogP contribution in [0.3, 0.4) is 0 Å². The molecule has 1 aromatic rings. The van der Waals surface area contributed by atoms with Gasteiger partial charge in [0.25, 0.3) is 0 Å². The van der Waals surface area contributed by atoms with E-state index in [1.807, 2.05) is 0 Å². The summed E-state index contributed by atoms with van der Waals surface area (Å²) < 4.78 is 5.91. The number of rotatable bonds is 0. The number of hydrogen-bond donors (Lipinski definition) is 0. The number of ketones is 1. The third-order valence-corrected chi connectivity index (χ3v) is 2.86. The molecule has 0 fully saturated rings. The lowest BCUT2D eigenvalue weighted by atomic mass is 10.1. The molecule has 0 radical (unpaired) electrons. The van der Waals surface area contributed by atoms with Crippen molar-refractivity contribution in [2.24, 2.45) is 0 Å². The van der Waals surface area contributed by atoms with Gasteiger partial charge in [0.15, 0.2) is 10.5 Å². The van der Waals surface area contributed by atoms with Crippen molar-refractivity contribution >= 4 is 27.6 Å². The second-order valence-corrected chi connectivity index (χ2v) is 4.28. The Morgan fingerprint density at radius 1 is 1.60 bits per heavy atom. The van der Waals surface area contributed by atoms with Gasteiger partial charge in [-0.1, -0.05) is 0 Å². The Morgan fingerprint density at radius 3 is 3.00 bits per heavy atom. The minimum Gasteiger partial charge on any atom is -0.454 e. The van der Waals surface area contributed by atoms with Crippen LogP contribution in [0.25, 0.3) is 0 Å². The van der Waals surface area contributed by atoms with Crippen molar-refractivity contribution in [2.45, 2.75) is 13.3 Å². The van der Waals surface area contributed by atoms with Crippen molar-refractivity contribution in [3.05, 3.63) is 22.1 Å². The van der Waals surface area contributed by atoms with Crippen LogP contribution in [0.5, 0.6) is 0 Å². The van der Waals surface area contributed by atoms with Crippen LogP contribution >= 0.6 is 15.9 Å². The van der Waals surface area contributed by atoms with Gasteiger partial charge in [-0.25, -0.2) is 0 Å². The van der Waals surface area contributed by atoms with Crippen molar-refractivity contribution in [2.75, 3.05) is 13.1 Å². The summed E-state index contributed by atoms with van der Waals surface area (Å²) in [5, 5.41) is 0. The van der Waals surface area contributed by atoms with Crippen molar-refractivity contribution in [1.82, 2.24) is 4.90 Å². The highest BCUT2D eigenvalue weighted by Crippen LogP contribution is 2.23. The summed E-state index contributed by atoms with van der Waals surface area (Å²) in [6.07, 6.45) is 0.590. The fraction of sp³-hybridized carbons (Fsp3) is 0.400. The number of halogens is 1. The minimum atomic E-state index is -0.0763. The largest absolute Gasteiger partial charge is 0.454 e. The molecular weight excluding hydrogens is 262 g/mol. The molecule has 1 amide bonds. The van der Waals surface area contributed by atoms with Crippen LogP contribution in [-0.4, -0.2) is 29.7 Å². The summed E-state index contributed by atoms with van der Waals surface area (Å²) in [5.41, 5.74) is 0.589. The van der Waals surface area contributed by atoms with E-state index in [0.29, 0.717) is 29.0 Å². The van der Waals surface area contributed by atoms with E-state index in [1.54, 1.807) is 6.07 Å². The lowest BCUT2D eigenvalue weighted by Crippen LogP contribution is -2.33. The van der Waals surface area contributed by atoms with Gasteiger partial charge in [0.2, 0.25) is 5.91 Å². The molecule has 0 saturated carbocycles. The quantitative estimate of drug-likeness (QED) is 0.721. The van der Waals surface area contributed by atoms with Gasteiger partial charge >= 0.3 is 0 Å². The van der Waals surface area contributed by atoms with E-state index in [4.69, 9.17) is 4.42 Å². The van der Waals surface area contributed by atoms with Crippen LogP contribution in [0.2, 0.25) is 0 Å². The fourth-order valence-electron chi connectivity index (χ4n) is 1.66. The van der Waals surface area contributed by atoms with E-state index in [0.717, 1.165) is 0 Å². The molecule has 1 aliphatic rings. The molecule has 0 spiro atoms. The zero-order valence-electron chi connectivity index (χ0n) is 8.25. The van der Waals surface area contributed by atoms with Crippen molar-refractivity contribution in [3.63, 3.8) is 0 Å². The number of hydrogen-bond acceptors (Lipinski definition) is 3. The van der Waals surface area contributed by atoms with Crippen molar-refractivity contribution in [1.29, 1.82) is 0 Å². The third-order valence-electron chi connectivity index (χ3n) is 2.47. The number of amides is 1. The first kappa shape index (κ1) is 10.4. The molecule has 0 unspecified atom stereocenters. The van der Waals surface area contributed by atoms with Gasteiger partial charge in [0, 0.05) is 26.0 Å². The maximum atomic E-state index is 11.8. The number of carbonyl (C=O) groups is 2. The summed E-state index contributed by atoms with van der Waals surface area (Å²) in [7, 11) is 0. The molecule has 0 aromatic carbocycles. The lowest BCUT2D eigenvalue weighted by Gasteiger charge is -2.16. The molecular formula is C10H10BrNO3. The van der Waals surface area contributed by atoms with Gasteiger partial charge in [-0.2, -0.15) is 0 Å². The van der Waals surface area contributed by atoms with Crippen molar-refractivity contribution in [3.8, 4) is 0 Å². The van der Waals surface area contributed by atoms with E-state index in [2.05, 4.69) is 15.9 Å². The predicted octanol–water partition coefficient (Wildman–Crippen LogP) is 1.63. The summed E-state index contributed by atoms with van der Waals surface area (Å²) >= 11 is 3.19. The van der Waals surface area contributed by atoms with Crippen LogP contribution < -0.4 is 0 Å². The second-order valence-electron chi connectivity index (χ2n) is 3.50. The molecule has 1 aliphatic heterocycles. The SMILES string of the molecule is CC(=O)N1CCc2oc(Br)cc2C(=O)C1. The van der Waals surface area contributed by atoms with Crippen molar-refractivity contribution < 1.29 is 14.0 Å². The van der Waals surface area contributed by atoms with Crippen LogP contribution in [0.15, 0.2) is 15.2 Å². The molecule has 4 nitrogen and oxygen atoms in total. The normalized spacial score (nSPS) is 16.1. The highest BCUT2D eigenvalue weighted by molar-refractivity contribution is 9.10. The predicted molar refractivity (Wildman–Crippen MR) is 56.7 cm³/mol. The average molecular weight is 272 g/mol. The fourth-order valence-corrected chi connectivity index (χ4v) is 2.08.